The van der Waals surface area contributed by atoms with E-state index in [1.807, 2.05) is 0 Å². The highest BCUT2D eigenvalue weighted by atomic mass is 32.2. The highest BCUT2D eigenvalue weighted by Gasteiger charge is 2.34. The Balaban J connectivity index is 1.28. The van der Waals surface area contributed by atoms with E-state index in [9.17, 15) is 13.5 Å². The summed E-state index contributed by atoms with van der Waals surface area (Å²) in [5, 5.41) is 14.1. The minimum atomic E-state index is -3.38. The topological polar surface area (TPSA) is 98.7 Å². The third kappa shape index (κ3) is 4.77. The summed E-state index contributed by atoms with van der Waals surface area (Å²) in [5.41, 5.74) is 3.23. The number of nitrogens with one attached hydrogen (secondary N) is 1. The Bertz CT molecular complexity index is 1280. The Hall–Kier alpha value is -3.01. The second-order valence-corrected chi connectivity index (χ2v) is 11.0. The average molecular weight is 480 g/mol. The molecule has 1 aromatic heterocycles. The molecular formula is C25H29N5O3S. The summed E-state index contributed by atoms with van der Waals surface area (Å²) in [7, 11) is -3.38. The molecule has 8 nitrogen and oxygen atoms in total. The summed E-state index contributed by atoms with van der Waals surface area (Å²) in [5.74, 6) is 1.21. The molecule has 0 aliphatic carbocycles. The second kappa shape index (κ2) is 9.32. The lowest BCUT2D eigenvalue weighted by atomic mass is 9.94. The van der Waals surface area contributed by atoms with E-state index in [-0.39, 0.29) is 10.9 Å². The molecule has 0 radical (unpaired) electrons. The molecule has 1 fully saturated rings. The molecule has 3 heterocycles. The van der Waals surface area contributed by atoms with Crippen LogP contribution in [0.15, 0.2) is 65.8 Å². The van der Waals surface area contributed by atoms with E-state index in [0.29, 0.717) is 23.9 Å². The van der Waals surface area contributed by atoms with E-state index in [1.165, 1.54) is 23.7 Å². The first kappa shape index (κ1) is 22.8. The van der Waals surface area contributed by atoms with Crippen molar-refractivity contribution in [3.8, 4) is 0 Å². The average Bonchev–Trinajstić information content (AvgIpc) is 2.83. The van der Waals surface area contributed by atoms with Gasteiger partial charge in [-0.05, 0) is 36.1 Å². The number of β-amino-alcohol motifs (C(OH)–C–C–N with tert-alkyl or cyclic N) is 1. The number of piperidine rings is 1. The fourth-order valence-corrected chi connectivity index (χ4v) is 5.82. The Morgan fingerprint density at radius 2 is 1.79 bits per heavy atom. The lowest BCUT2D eigenvalue weighted by Gasteiger charge is -2.43. The molecule has 0 unspecified atom stereocenters. The molecular weight excluding hydrogens is 450 g/mol. The lowest BCUT2D eigenvalue weighted by molar-refractivity contribution is 0.0293. The Kier molecular flexibility index (Phi) is 6.24. The quantitative estimate of drug-likeness (QED) is 0.576. The first-order chi connectivity index (χ1) is 16.4. The summed E-state index contributed by atoms with van der Waals surface area (Å²) in [6.45, 7) is 3.09. The van der Waals surface area contributed by atoms with Gasteiger partial charge in [-0.15, -0.1) is 0 Å². The third-order valence-corrected chi connectivity index (χ3v) is 7.86. The van der Waals surface area contributed by atoms with Crippen LogP contribution in [0.2, 0.25) is 0 Å². The standard InChI is InChI=1S/C25H29N5O3S/c1-34(32,33)23-9-5-4-8-20(23)28-24-14-25(27-17-26-24)30-13-11-21(22(31)16-30)29-12-10-18-6-2-3-7-19(18)15-29/h2-9,14,17,21-22,31H,10-13,15-16H2,1H3,(H,26,27,28)/t21-,22-/m1/s1. The molecule has 1 saturated heterocycles. The van der Waals surface area contributed by atoms with E-state index in [2.05, 4.69) is 49.4 Å². The molecule has 0 bridgehead atoms. The summed E-state index contributed by atoms with van der Waals surface area (Å²) in [6.07, 6.45) is 4.01. The first-order valence-electron chi connectivity index (χ1n) is 11.5. The molecule has 2 N–H and O–H groups in total. The summed E-state index contributed by atoms with van der Waals surface area (Å²) < 4.78 is 24.2. The molecule has 0 saturated carbocycles. The number of hydrogen-bond acceptors (Lipinski definition) is 8. The van der Waals surface area contributed by atoms with Crippen LogP contribution in [0.1, 0.15) is 17.5 Å². The molecule has 3 aromatic rings. The SMILES string of the molecule is CS(=O)(=O)c1ccccc1Nc1cc(N2CC[C@@H](N3CCc4ccccc4C3)[C@H](O)C2)ncn1. The monoisotopic (exact) mass is 479 g/mol. The molecule has 2 atom stereocenters. The highest BCUT2D eigenvalue weighted by Crippen LogP contribution is 2.29. The predicted molar refractivity (Wildman–Crippen MR) is 132 cm³/mol. The van der Waals surface area contributed by atoms with Gasteiger partial charge in [-0.1, -0.05) is 36.4 Å². The van der Waals surface area contributed by atoms with E-state index in [0.717, 1.165) is 32.5 Å². The van der Waals surface area contributed by atoms with Gasteiger partial charge in [0.25, 0.3) is 0 Å². The molecule has 9 heteroatoms. The van der Waals surface area contributed by atoms with Gasteiger partial charge in [-0.2, -0.15) is 0 Å². The van der Waals surface area contributed by atoms with Crippen molar-refractivity contribution in [2.75, 3.05) is 36.1 Å². The number of sulfone groups is 1. The van der Waals surface area contributed by atoms with Gasteiger partial charge in [0, 0.05) is 44.5 Å². The van der Waals surface area contributed by atoms with Crippen molar-refractivity contribution < 1.29 is 13.5 Å². The van der Waals surface area contributed by atoms with Crippen molar-refractivity contribution in [3.05, 3.63) is 72.1 Å². The van der Waals surface area contributed by atoms with Crippen LogP contribution in [0.25, 0.3) is 0 Å². The van der Waals surface area contributed by atoms with Gasteiger partial charge in [0.1, 0.15) is 18.0 Å². The van der Waals surface area contributed by atoms with Crippen LogP contribution in [-0.4, -0.2) is 66.4 Å². The molecule has 2 aliphatic heterocycles. The molecule has 0 spiro atoms. The maximum absolute atomic E-state index is 12.1. The number of nitrogens with zero attached hydrogens (tertiary/aromatic N) is 4. The van der Waals surface area contributed by atoms with Gasteiger partial charge in [-0.3, -0.25) is 4.90 Å². The van der Waals surface area contributed by atoms with Gasteiger partial charge in [0.15, 0.2) is 9.84 Å². The number of aliphatic hydroxyl groups is 1. The van der Waals surface area contributed by atoms with Crippen molar-refractivity contribution in [2.24, 2.45) is 0 Å². The number of hydrogen-bond donors (Lipinski definition) is 2. The Labute approximate surface area is 200 Å². The van der Waals surface area contributed by atoms with Gasteiger partial charge in [0.05, 0.1) is 16.7 Å². The Morgan fingerprint density at radius 3 is 2.59 bits per heavy atom. The van der Waals surface area contributed by atoms with Crippen LogP contribution in [-0.2, 0) is 22.8 Å². The molecule has 5 rings (SSSR count). The predicted octanol–water partition coefficient (Wildman–Crippen LogP) is 2.62. The fraction of sp³-hybridized carbons (Fsp3) is 0.360. The summed E-state index contributed by atoms with van der Waals surface area (Å²) in [4.78, 5) is 13.4. The number of rotatable bonds is 5. The van der Waals surface area contributed by atoms with Gasteiger partial charge in [0.2, 0.25) is 0 Å². The van der Waals surface area contributed by atoms with E-state index in [1.54, 1.807) is 30.3 Å². The fourth-order valence-electron chi connectivity index (χ4n) is 4.97. The maximum atomic E-state index is 12.1. The highest BCUT2D eigenvalue weighted by molar-refractivity contribution is 7.90. The minimum Gasteiger partial charge on any atom is -0.390 e. The van der Waals surface area contributed by atoms with Crippen LogP contribution in [0.3, 0.4) is 0 Å². The van der Waals surface area contributed by atoms with Gasteiger partial charge in [-0.25, -0.2) is 18.4 Å². The smallest absolute Gasteiger partial charge is 0.177 e. The normalized spacial score (nSPS) is 21.2. The molecule has 0 amide bonds. The molecule has 178 valence electrons. The van der Waals surface area contributed by atoms with Crippen molar-refractivity contribution in [3.63, 3.8) is 0 Å². The Morgan fingerprint density at radius 1 is 1.03 bits per heavy atom. The van der Waals surface area contributed by atoms with Crippen molar-refractivity contribution >= 4 is 27.2 Å². The lowest BCUT2D eigenvalue weighted by Crippen LogP contribution is -2.55. The molecule has 34 heavy (non-hydrogen) atoms. The van der Waals surface area contributed by atoms with Crippen LogP contribution in [0, 0.1) is 0 Å². The maximum Gasteiger partial charge on any atom is 0.177 e. The zero-order valence-electron chi connectivity index (χ0n) is 19.1. The van der Waals surface area contributed by atoms with Gasteiger partial charge < -0.3 is 15.3 Å². The number of fused-ring (bicyclic) bond motifs is 1. The number of para-hydroxylation sites is 1. The first-order valence-corrected chi connectivity index (χ1v) is 13.4. The van der Waals surface area contributed by atoms with Crippen molar-refractivity contribution in [1.29, 1.82) is 0 Å². The van der Waals surface area contributed by atoms with E-state index < -0.39 is 15.9 Å². The van der Waals surface area contributed by atoms with E-state index >= 15 is 0 Å². The van der Waals surface area contributed by atoms with Gasteiger partial charge >= 0.3 is 0 Å². The molecule has 2 aliphatic rings. The number of anilines is 3. The number of benzene rings is 2. The van der Waals surface area contributed by atoms with Crippen LogP contribution in [0.4, 0.5) is 17.3 Å². The zero-order valence-corrected chi connectivity index (χ0v) is 19.9. The largest absolute Gasteiger partial charge is 0.390 e. The van der Waals surface area contributed by atoms with E-state index in [4.69, 9.17) is 0 Å². The molecule has 2 aromatic carbocycles. The van der Waals surface area contributed by atoms with Crippen LogP contribution < -0.4 is 10.2 Å². The summed E-state index contributed by atoms with van der Waals surface area (Å²) >= 11 is 0. The zero-order chi connectivity index (χ0) is 23.7. The minimum absolute atomic E-state index is 0.116. The van der Waals surface area contributed by atoms with Crippen LogP contribution in [0.5, 0.6) is 0 Å². The summed E-state index contributed by atoms with van der Waals surface area (Å²) in [6, 6.07) is 17.2. The van der Waals surface area contributed by atoms with Crippen molar-refractivity contribution in [2.45, 2.75) is 36.4 Å². The van der Waals surface area contributed by atoms with Crippen LogP contribution >= 0.6 is 0 Å². The number of aromatic nitrogens is 2. The second-order valence-electron chi connectivity index (χ2n) is 9.01. The number of aliphatic hydroxyl groups excluding tert-OH is 1. The van der Waals surface area contributed by atoms with Crippen molar-refractivity contribution in [1.82, 2.24) is 14.9 Å². The third-order valence-electron chi connectivity index (χ3n) is 6.70.